The number of hydrogen-bond acceptors (Lipinski definition) is 3. The molecule has 0 saturated carbocycles. The molecule has 0 saturated heterocycles. The van der Waals surface area contributed by atoms with Crippen molar-refractivity contribution in [1.82, 2.24) is 9.78 Å². The molecule has 0 radical (unpaired) electrons. The minimum Gasteiger partial charge on any atom is -0.326 e. The number of aromatic nitrogens is 2. The van der Waals surface area contributed by atoms with E-state index < -0.39 is 5.82 Å². The van der Waals surface area contributed by atoms with Crippen LogP contribution in [0.2, 0.25) is 0 Å². The van der Waals surface area contributed by atoms with Gasteiger partial charge in [0.25, 0.3) is 5.91 Å². The molecule has 0 atom stereocenters. The average Bonchev–Trinajstić information content (AvgIpc) is 2.82. The van der Waals surface area contributed by atoms with Gasteiger partial charge in [-0.1, -0.05) is 6.07 Å². The number of rotatable bonds is 4. The fraction of sp³-hybridized carbons (Fsp3) is 0.286. The smallest absolute Gasteiger partial charge is 0.274 e. The highest BCUT2D eigenvalue weighted by atomic mass is 19.1. The van der Waals surface area contributed by atoms with Gasteiger partial charge in [-0.05, 0) is 37.6 Å². The topological polar surface area (TPSA) is 72.9 Å². The molecule has 0 bridgehead atoms. The zero-order valence-electron chi connectivity index (χ0n) is 11.5. The van der Waals surface area contributed by atoms with E-state index in [1.54, 1.807) is 23.7 Å². The lowest BCUT2D eigenvalue weighted by atomic mass is 10.2. The van der Waals surface area contributed by atoms with Crippen molar-refractivity contribution in [2.24, 2.45) is 5.73 Å². The highest BCUT2D eigenvalue weighted by Gasteiger charge is 2.15. The first-order chi connectivity index (χ1) is 9.55. The largest absolute Gasteiger partial charge is 0.326 e. The molecule has 0 aliphatic carbocycles. The zero-order valence-corrected chi connectivity index (χ0v) is 11.5. The Balaban J connectivity index is 2.23. The normalized spacial score (nSPS) is 10.6. The van der Waals surface area contributed by atoms with E-state index in [1.165, 1.54) is 12.1 Å². The van der Waals surface area contributed by atoms with Gasteiger partial charge >= 0.3 is 0 Å². The van der Waals surface area contributed by atoms with Crippen molar-refractivity contribution in [2.75, 3.05) is 5.32 Å². The summed E-state index contributed by atoms with van der Waals surface area (Å²) < 4.78 is 15.4. The van der Waals surface area contributed by atoms with Crippen LogP contribution in [0.4, 0.5) is 10.1 Å². The molecule has 0 fully saturated rings. The molecule has 0 aliphatic rings. The van der Waals surface area contributed by atoms with Gasteiger partial charge in [0.1, 0.15) is 11.5 Å². The summed E-state index contributed by atoms with van der Waals surface area (Å²) in [5.41, 5.74) is 7.40. The molecule has 1 aromatic carbocycles. The van der Waals surface area contributed by atoms with E-state index in [9.17, 15) is 9.18 Å². The Hall–Kier alpha value is -2.21. The van der Waals surface area contributed by atoms with Gasteiger partial charge in [0.2, 0.25) is 0 Å². The Labute approximate surface area is 116 Å². The van der Waals surface area contributed by atoms with E-state index in [4.69, 9.17) is 5.73 Å². The molecule has 0 unspecified atom stereocenters. The van der Waals surface area contributed by atoms with Crippen molar-refractivity contribution in [3.63, 3.8) is 0 Å². The molecule has 5 nitrogen and oxygen atoms in total. The number of anilines is 1. The fourth-order valence-corrected chi connectivity index (χ4v) is 1.94. The van der Waals surface area contributed by atoms with Crippen molar-refractivity contribution >= 4 is 11.6 Å². The molecule has 2 aromatic rings. The van der Waals surface area contributed by atoms with Crippen molar-refractivity contribution in [3.05, 3.63) is 47.0 Å². The number of aryl methyl sites for hydroxylation is 2. The summed E-state index contributed by atoms with van der Waals surface area (Å²) in [5.74, 6) is -0.882. The molecule has 0 aliphatic heterocycles. The van der Waals surface area contributed by atoms with Crippen LogP contribution < -0.4 is 11.1 Å². The van der Waals surface area contributed by atoms with Crippen molar-refractivity contribution < 1.29 is 9.18 Å². The van der Waals surface area contributed by atoms with E-state index in [0.29, 0.717) is 17.8 Å². The highest BCUT2D eigenvalue weighted by molar-refractivity contribution is 6.03. The number of halogens is 1. The van der Waals surface area contributed by atoms with Gasteiger partial charge in [-0.3, -0.25) is 9.48 Å². The first kappa shape index (κ1) is 14.2. The number of carbonyl (C=O) groups is 1. The SMILES string of the molecule is CCn1nc(C)cc1C(=O)Nc1ccc(CN)cc1F. The van der Waals surface area contributed by atoms with Gasteiger partial charge in [0, 0.05) is 13.1 Å². The Bertz CT molecular complexity index is 636. The second kappa shape index (κ2) is 5.83. The minimum absolute atomic E-state index is 0.133. The quantitative estimate of drug-likeness (QED) is 0.897. The summed E-state index contributed by atoms with van der Waals surface area (Å²) in [4.78, 5) is 12.2. The third-order valence-electron chi connectivity index (χ3n) is 2.95. The lowest BCUT2D eigenvalue weighted by molar-refractivity contribution is 0.101. The van der Waals surface area contributed by atoms with Crippen LogP contribution >= 0.6 is 0 Å². The first-order valence-electron chi connectivity index (χ1n) is 6.39. The highest BCUT2D eigenvalue weighted by Crippen LogP contribution is 2.17. The van der Waals surface area contributed by atoms with E-state index >= 15 is 0 Å². The Morgan fingerprint density at radius 2 is 2.20 bits per heavy atom. The van der Waals surface area contributed by atoms with E-state index in [-0.39, 0.29) is 18.1 Å². The molecule has 0 spiro atoms. The fourth-order valence-electron chi connectivity index (χ4n) is 1.94. The molecular formula is C14H17FN4O. The Morgan fingerprint density at radius 1 is 1.45 bits per heavy atom. The molecular weight excluding hydrogens is 259 g/mol. The third kappa shape index (κ3) is 2.85. The van der Waals surface area contributed by atoms with Gasteiger partial charge in [0.05, 0.1) is 11.4 Å². The van der Waals surface area contributed by atoms with Gasteiger partial charge in [0.15, 0.2) is 0 Å². The lowest BCUT2D eigenvalue weighted by Gasteiger charge is -2.08. The summed E-state index contributed by atoms with van der Waals surface area (Å²) in [7, 11) is 0. The van der Waals surface area contributed by atoms with Crippen LogP contribution in [-0.4, -0.2) is 15.7 Å². The van der Waals surface area contributed by atoms with Crippen molar-refractivity contribution in [3.8, 4) is 0 Å². The van der Waals surface area contributed by atoms with Gasteiger partial charge < -0.3 is 11.1 Å². The van der Waals surface area contributed by atoms with E-state index in [0.717, 1.165) is 5.69 Å². The molecule has 3 N–H and O–H groups in total. The van der Waals surface area contributed by atoms with Crippen LogP contribution in [0.15, 0.2) is 24.3 Å². The predicted octanol–water partition coefficient (Wildman–Crippen LogP) is 2.06. The molecule has 20 heavy (non-hydrogen) atoms. The summed E-state index contributed by atoms with van der Waals surface area (Å²) in [5, 5.41) is 6.74. The number of carbonyl (C=O) groups excluding carboxylic acids is 1. The van der Waals surface area contributed by atoms with Gasteiger partial charge in [-0.2, -0.15) is 5.10 Å². The van der Waals surface area contributed by atoms with E-state index in [1.807, 2.05) is 6.92 Å². The number of nitrogens with one attached hydrogen (secondary N) is 1. The molecule has 1 aromatic heterocycles. The van der Waals surface area contributed by atoms with Crippen molar-refractivity contribution in [2.45, 2.75) is 26.9 Å². The van der Waals surface area contributed by atoms with Crippen LogP contribution in [0, 0.1) is 12.7 Å². The van der Waals surface area contributed by atoms with Gasteiger partial charge in [-0.25, -0.2) is 4.39 Å². The molecule has 1 amide bonds. The minimum atomic E-state index is -0.499. The standard InChI is InChI=1S/C14H17FN4O/c1-3-19-13(6-9(2)18-19)14(20)17-12-5-4-10(8-16)7-11(12)15/h4-7H,3,8,16H2,1-2H3,(H,17,20). The van der Waals surface area contributed by atoms with Crippen LogP contribution in [0.3, 0.4) is 0 Å². The second-order valence-electron chi connectivity index (χ2n) is 4.46. The second-order valence-corrected chi connectivity index (χ2v) is 4.46. The first-order valence-corrected chi connectivity index (χ1v) is 6.39. The van der Waals surface area contributed by atoms with Crippen LogP contribution in [0.25, 0.3) is 0 Å². The molecule has 1 heterocycles. The summed E-state index contributed by atoms with van der Waals surface area (Å²) in [6, 6.07) is 6.18. The van der Waals surface area contributed by atoms with Gasteiger partial charge in [-0.15, -0.1) is 0 Å². The number of hydrogen-bond donors (Lipinski definition) is 2. The summed E-state index contributed by atoms with van der Waals surface area (Å²) in [6.45, 7) is 4.53. The summed E-state index contributed by atoms with van der Waals surface area (Å²) >= 11 is 0. The van der Waals surface area contributed by atoms with E-state index in [2.05, 4.69) is 10.4 Å². The zero-order chi connectivity index (χ0) is 14.7. The van der Waals surface area contributed by atoms with Crippen LogP contribution in [0.5, 0.6) is 0 Å². The molecule has 2 rings (SSSR count). The van der Waals surface area contributed by atoms with Crippen LogP contribution in [0.1, 0.15) is 28.7 Å². The van der Waals surface area contributed by atoms with Crippen molar-refractivity contribution in [1.29, 1.82) is 0 Å². The number of nitrogens with zero attached hydrogens (tertiary/aromatic N) is 2. The maximum atomic E-state index is 13.8. The number of amides is 1. The molecule has 106 valence electrons. The predicted molar refractivity (Wildman–Crippen MR) is 74.9 cm³/mol. The number of benzene rings is 1. The maximum Gasteiger partial charge on any atom is 0.274 e. The monoisotopic (exact) mass is 276 g/mol. The lowest BCUT2D eigenvalue weighted by Crippen LogP contribution is -2.18. The Kier molecular flexibility index (Phi) is 4.14. The maximum absolute atomic E-state index is 13.8. The Morgan fingerprint density at radius 3 is 2.80 bits per heavy atom. The molecule has 6 heteroatoms. The van der Waals surface area contributed by atoms with Crippen LogP contribution in [-0.2, 0) is 13.1 Å². The third-order valence-corrected chi connectivity index (χ3v) is 2.95. The number of nitrogens with two attached hydrogens (primary N) is 1. The average molecular weight is 276 g/mol. The summed E-state index contributed by atoms with van der Waals surface area (Å²) in [6.07, 6.45) is 0.